The minimum absolute atomic E-state index is 0.260. The van der Waals surface area contributed by atoms with Gasteiger partial charge in [-0.2, -0.15) is 0 Å². The largest absolute Gasteiger partial charge is 0.350 e. The van der Waals surface area contributed by atoms with Gasteiger partial charge in [0.2, 0.25) is 5.91 Å². The van der Waals surface area contributed by atoms with E-state index in [1.54, 1.807) is 0 Å². The lowest BCUT2D eigenvalue weighted by atomic mass is 10.0. The molecule has 0 fully saturated rings. The minimum Gasteiger partial charge on any atom is -0.350 e. The number of hydrogen-bond donors (Lipinski definition) is 1. The van der Waals surface area contributed by atoms with E-state index in [1.165, 1.54) is 11.6 Å². The molecule has 0 saturated heterocycles. The Balaban J connectivity index is 2.85. The summed E-state index contributed by atoms with van der Waals surface area (Å²) in [5, 5.41) is 12.6. The first-order chi connectivity index (χ1) is 10.1. The smallest absolute Gasteiger partial charge is 0.238 e. The van der Waals surface area contributed by atoms with Crippen LogP contribution in [0.25, 0.3) is 0 Å². The van der Waals surface area contributed by atoms with E-state index < -0.39 is 26.5 Å². The molecule has 1 rings (SSSR count). The first kappa shape index (κ1) is 18.5. The molecular weight excluding hydrogens is 306 g/mol. The molecular formula is C13H25N5O3S. The third-order valence-corrected chi connectivity index (χ3v) is 5.58. The average Bonchev–Trinajstić information content (AvgIpc) is 2.84. The van der Waals surface area contributed by atoms with Crippen LogP contribution in [0.2, 0.25) is 0 Å². The molecule has 1 atom stereocenters. The molecule has 1 amide bonds. The molecule has 0 aliphatic heterocycles. The molecule has 1 heterocycles. The summed E-state index contributed by atoms with van der Waals surface area (Å²) in [7, 11) is -3.68. The van der Waals surface area contributed by atoms with Crippen LogP contribution in [0.5, 0.6) is 0 Å². The number of hydrogen-bond acceptors (Lipinski definition) is 6. The number of carbonyl (C=O) groups excluding carboxylic acids is 1. The van der Waals surface area contributed by atoms with Crippen LogP contribution in [0, 0.1) is 0 Å². The normalized spacial score (nSPS) is 13.9. The Labute approximate surface area is 131 Å². The molecule has 1 aromatic rings. The van der Waals surface area contributed by atoms with E-state index in [-0.39, 0.29) is 11.6 Å². The summed E-state index contributed by atoms with van der Waals surface area (Å²) < 4.78 is 26.3. The van der Waals surface area contributed by atoms with Crippen molar-refractivity contribution >= 4 is 15.7 Å². The second-order valence-corrected chi connectivity index (χ2v) is 8.32. The van der Waals surface area contributed by atoms with E-state index >= 15 is 0 Å². The van der Waals surface area contributed by atoms with E-state index in [0.717, 1.165) is 6.42 Å². The Morgan fingerprint density at radius 1 is 1.36 bits per heavy atom. The Kier molecular flexibility index (Phi) is 6.04. The van der Waals surface area contributed by atoms with Crippen molar-refractivity contribution in [3.05, 3.63) is 5.82 Å². The first-order valence-electron chi connectivity index (χ1n) is 7.41. The lowest BCUT2D eigenvalue weighted by Crippen LogP contribution is -2.48. The Morgan fingerprint density at radius 3 is 2.55 bits per heavy atom. The Bertz CT molecular complexity index is 609. The molecule has 0 saturated carbocycles. The fourth-order valence-corrected chi connectivity index (χ4v) is 2.91. The van der Waals surface area contributed by atoms with E-state index in [9.17, 15) is 13.2 Å². The third kappa shape index (κ3) is 4.75. The van der Waals surface area contributed by atoms with Gasteiger partial charge in [0.15, 0.2) is 15.7 Å². The van der Waals surface area contributed by atoms with Gasteiger partial charge < -0.3 is 5.32 Å². The van der Waals surface area contributed by atoms with Crippen LogP contribution in [0.15, 0.2) is 0 Å². The van der Waals surface area contributed by atoms with Gasteiger partial charge in [-0.25, -0.2) is 13.1 Å². The van der Waals surface area contributed by atoms with Crippen LogP contribution in [0.1, 0.15) is 53.3 Å². The van der Waals surface area contributed by atoms with Crippen LogP contribution in [-0.4, -0.2) is 45.3 Å². The molecule has 1 aromatic heterocycles. The predicted octanol–water partition coefficient (Wildman–Crippen LogP) is 0.691. The maximum atomic E-state index is 12.4. The van der Waals surface area contributed by atoms with E-state index in [2.05, 4.69) is 20.8 Å². The van der Waals surface area contributed by atoms with Crippen molar-refractivity contribution in [1.82, 2.24) is 25.5 Å². The van der Waals surface area contributed by atoms with E-state index in [4.69, 9.17) is 0 Å². The highest BCUT2D eigenvalue weighted by molar-refractivity contribution is 7.92. The van der Waals surface area contributed by atoms with Crippen molar-refractivity contribution in [2.24, 2.45) is 0 Å². The second-order valence-electron chi connectivity index (χ2n) is 5.99. The summed E-state index contributed by atoms with van der Waals surface area (Å²) in [6.45, 7) is 9.52. The van der Waals surface area contributed by atoms with Gasteiger partial charge in [0, 0.05) is 12.1 Å². The number of aromatic nitrogens is 4. The number of nitrogens with one attached hydrogen (secondary N) is 1. The van der Waals surface area contributed by atoms with Crippen molar-refractivity contribution < 1.29 is 13.2 Å². The Hall–Kier alpha value is -1.51. The van der Waals surface area contributed by atoms with Crippen molar-refractivity contribution in [2.75, 3.05) is 0 Å². The predicted molar refractivity (Wildman–Crippen MR) is 82.7 cm³/mol. The zero-order chi connectivity index (χ0) is 17.0. The lowest BCUT2D eigenvalue weighted by molar-refractivity contribution is -0.122. The maximum Gasteiger partial charge on any atom is 0.238 e. The highest BCUT2D eigenvalue weighted by atomic mass is 32.2. The summed E-state index contributed by atoms with van der Waals surface area (Å²) >= 11 is 0. The van der Waals surface area contributed by atoms with Crippen LogP contribution < -0.4 is 5.32 Å². The molecule has 8 nitrogen and oxygen atoms in total. The lowest BCUT2D eigenvalue weighted by Gasteiger charge is -2.26. The monoisotopic (exact) mass is 331 g/mol. The van der Waals surface area contributed by atoms with Crippen molar-refractivity contribution in [1.29, 1.82) is 0 Å². The summed E-state index contributed by atoms with van der Waals surface area (Å²) in [5.74, 6) is -0.584. The van der Waals surface area contributed by atoms with E-state index in [1.807, 2.05) is 27.7 Å². The van der Waals surface area contributed by atoms with Crippen LogP contribution in [-0.2, 0) is 26.9 Å². The van der Waals surface area contributed by atoms with Crippen LogP contribution in [0.3, 0.4) is 0 Å². The van der Waals surface area contributed by atoms with Crippen LogP contribution >= 0.6 is 0 Å². The van der Waals surface area contributed by atoms with Crippen molar-refractivity contribution in [2.45, 2.75) is 70.5 Å². The number of carbonyl (C=O) groups is 1. The fourth-order valence-electron chi connectivity index (χ4n) is 1.70. The minimum atomic E-state index is -3.68. The third-order valence-electron chi connectivity index (χ3n) is 3.63. The fraction of sp³-hybridized carbons (Fsp3) is 0.846. The molecule has 0 aromatic carbocycles. The molecule has 0 radical (unpaired) electrons. The molecule has 0 aliphatic carbocycles. The van der Waals surface area contributed by atoms with Gasteiger partial charge in [-0.15, -0.1) is 5.10 Å². The van der Waals surface area contributed by atoms with Gasteiger partial charge in [-0.05, 0) is 44.0 Å². The zero-order valence-corrected chi connectivity index (χ0v) is 14.6. The van der Waals surface area contributed by atoms with Gasteiger partial charge in [0.05, 0.1) is 0 Å². The highest BCUT2D eigenvalue weighted by Gasteiger charge is 2.32. The molecule has 0 bridgehead atoms. The SMILES string of the molecule is CCCn1nnnc1CS(=O)(=O)C(C)C(=O)NC(C)(C)CC. The maximum absolute atomic E-state index is 12.4. The van der Waals surface area contributed by atoms with E-state index in [0.29, 0.717) is 13.0 Å². The number of amides is 1. The summed E-state index contributed by atoms with van der Waals surface area (Å²) in [4.78, 5) is 12.2. The van der Waals surface area contributed by atoms with Crippen molar-refractivity contribution in [3.8, 4) is 0 Å². The molecule has 1 unspecified atom stereocenters. The molecule has 126 valence electrons. The number of sulfone groups is 1. The quantitative estimate of drug-likeness (QED) is 0.751. The average molecular weight is 331 g/mol. The van der Waals surface area contributed by atoms with Gasteiger partial charge in [0.1, 0.15) is 11.0 Å². The van der Waals surface area contributed by atoms with Gasteiger partial charge in [0.25, 0.3) is 0 Å². The standard InChI is InChI=1S/C13H25N5O3S/c1-6-8-18-11(15-16-17-18)9-22(20,21)10(3)12(19)14-13(4,5)7-2/h10H,6-9H2,1-5H3,(H,14,19). The molecule has 9 heteroatoms. The first-order valence-corrected chi connectivity index (χ1v) is 9.13. The number of tetrazole rings is 1. The number of nitrogens with zero attached hydrogens (tertiary/aromatic N) is 4. The second kappa shape index (κ2) is 7.17. The van der Waals surface area contributed by atoms with Gasteiger partial charge >= 0.3 is 0 Å². The molecule has 0 spiro atoms. The van der Waals surface area contributed by atoms with Gasteiger partial charge in [-0.3, -0.25) is 4.79 Å². The molecule has 22 heavy (non-hydrogen) atoms. The van der Waals surface area contributed by atoms with Crippen LogP contribution in [0.4, 0.5) is 0 Å². The number of rotatable bonds is 8. The summed E-state index contributed by atoms with van der Waals surface area (Å²) in [6.07, 6.45) is 1.50. The number of aryl methyl sites for hydroxylation is 1. The van der Waals surface area contributed by atoms with Gasteiger partial charge in [-0.1, -0.05) is 13.8 Å². The highest BCUT2D eigenvalue weighted by Crippen LogP contribution is 2.13. The Morgan fingerprint density at radius 2 is 2.00 bits per heavy atom. The summed E-state index contributed by atoms with van der Waals surface area (Å²) in [5.41, 5.74) is -0.440. The topological polar surface area (TPSA) is 107 Å². The van der Waals surface area contributed by atoms with Crippen molar-refractivity contribution in [3.63, 3.8) is 0 Å². The zero-order valence-electron chi connectivity index (χ0n) is 13.8. The summed E-state index contributed by atoms with van der Waals surface area (Å²) in [6, 6.07) is 0. The molecule has 0 aliphatic rings. The molecule has 1 N–H and O–H groups in total.